The van der Waals surface area contributed by atoms with Crippen LogP contribution in [0.1, 0.15) is 11.7 Å². The predicted molar refractivity (Wildman–Crippen MR) is 48.2 cm³/mol. The molecule has 1 aromatic carbocycles. The van der Waals surface area contributed by atoms with Crippen LogP contribution in [-0.2, 0) is 14.3 Å². The SMILES string of the molecule is COC(=O)C(OC)c1ccc(F)cc1. The van der Waals surface area contributed by atoms with Crippen LogP contribution in [0.5, 0.6) is 0 Å². The van der Waals surface area contributed by atoms with Gasteiger partial charge in [0.2, 0.25) is 0 Å². The van der Waals surface area contributed by atoms with E-state index in [-0.39, 0.29) is 5.82 Å². The van der Waals surface area contributed by atoms with Crippen LogP contribution < -0.4 is 0 Å². The first-order chi connectivity index (χ1) is 6.69. The molecule has 76 valence electrons. The first kappa shape index (κ1) is 10.7. The number of methoxy groups -OCH3 is 2. The van der Waals surface area contributed by atoms with Crippen LogP contribution in [0.15, 0.2) is 24.3 Å². The lowest BCUT2D eigenvalue weighted by atomic mass is 10.1. The molecule has 0 aliphatic rings. The van der Waals surface area contributed by atoms with Gasteiger partial charge in [0.25, 0.3) is 0 Å². The topological polar surface area (TPSA) is 35.5 Å². The highest BCUT2D eigenvalue weighted by Crippen LogP contribution is 2.18. The molecule has 0 heterocycles. The molecule has 0 aliphatic carbocycles. The minimum absolute atomic E-state index is 0.353. The zero-order valence-corrected chi connectivity index (χ0v) is 7.99. The molecule has 0 bridgehead atoms. The summed E-state index contributed by atoms with van der Waals surface area (Å²) in [6.45, 7) is 0. The summed E-state index contributed by atoms with van der Waals surface area (Å²) in [5.41, 5.74) is 0.570. The third-order valence-corrected chi connectivity index (χ3v) is 1.82. The second-order valence-corrected chi connectivity index (χ2v) is 2.69. The zero-order valence-electron chi connectivity index (χ0n) is 7.99. The first-order valence-corrected chi connectivity index (χ1v) is 4.05. The van der Waals surface area contributed by atoms with Crippen LogP contribution >= 0.6 is 0 Å². The van der Waals surface area contributed by atoms with Crippen LogP contribution in [0.25, 0.3) is 0 Å². The monoisotopic (exact) mass is 198 g/mol. The molecular weight excluding hydrogens is 187 g/mol. The van der Waals surface area contributed by atoms with Gasteiger partial charge in [-0.05, 0) is 17.7 Å². The van der Waals surface area contributed by atoms with Gasteiger partial charge in [-0.2, -0.15) is 0 Å². The normalized spacial score (nSPS) is 12.2. The number of halogens is 1. The van der Waals surface area contributed by atoms with Crippen molar-refractivity contribution >= 4 is 5.97 Å². The van der Waals surface area contributed by atoms with E-state index in [9.17, 15) is 9.18 Å². The Labute approximate surface area is 81.4 Å². The number of esters is 1. The minimum Gasteiger partial charge on any atom is -0.467 e. The maximum absolute atomic E-state index is 12.6. The Morgan fingerprint density at radius 1 is 1.29 bits per heavy atom. The van der Waals surface area contributed by atoms with Crippen molar-refractivity contribution in [1.82, 2.24) is 0 Å². The van der Waals surface area contributed by atoms with Gasteiger partial charge in [-0.1, -0.05) is 12.1 Å². The van der Waals surface area contributed by atoms with Gasteiger partial charge in [-0.15, -0.1) is 0 Å². The average molecular weight is 198 g/mol. The number of hydrogen-bond donors (Lipinski definition) is 0. The van der Waals surface area contributed by atoms with Crippen LogP contribution in [0.4, 0.5) is 4.39 Å². The summed E-state index contributed by atoms with van der Waals surface area (Å²) in [5.74, 6) is -0.854. The van der Waals surface area contributed by atoms with Gasteiger partial charge in [0.05, 0.1) is 7.11 Å². The standard InChI is InChI=1S/C10H11FO3/c1-13-9(10(12)14-2)7-3-5-8(11)6-4-7/h3-6,9H,1-2H3. The van der Waals surface area contributed by atoms with E-state index >= 15 is 0 Å². The molecule has 0 aromatic heterocycles. The van der Waals surface area contributed by atoms with Crippen LogP contribution in [0, 0.1) is 5.82 Å². The van der Waals surface area contributed by atoms with Crippen molar-refractivity contribution in [3.8, 4) is 0 Å². The summed E-state index contributed by atoms with van der Waals surface area (Å²) in [4.78, 5) is 11.2. The molecule has 0 aliphatic heterocycles. The highest BCUT2D eigenvalue weighted by Gasteiger charge is 2.20. The summed E-state index contributed by atoms with van der Waals surface area (Å²) in [6.07, 6.45) is -0.791. The zero-order chi connectivity index (χ0) is 10.6. The van der Waals surface area contributed by atoms with Crippen molar-refractivity contribution in [2.75, 3.05) is 14.2 Å². The molecule has 14 heavy (non-hydrogen) atoms. The average Bonchev–Trinajstić information content (AvgIpc) is 2.21. The molecule has 0 N–H and O–H groups in total. The number of carbonyl (C=O) groups is 1. The molecule has 0 fully saturated rings. The Morgan fingerprint density at radius 2 is 1.86 bits per heavy atom. The highest BCUT2D eigenvalue weighted by atomic mass is 19.1. The van der Waals surface area contributed by atoms with Gasteiger partial charge in [0, 0.05) is 7.11 Å². The molecule has 1 unspecified atom stereocenters. The lowest BCUT2D eigenvalue weighted by molar-refractivity contribution is -0.152. The molecule has 0 saturated carbocycles. The molecule has 0 saturated heterocycles. The number of benzene rings is 1. The van der Waals surface area contributed by atoms with Gasteiger partial charge in [-0.25, -0.2) is 9.18 Å². The fraction of sp³-hybridized carbons (Fsp3) is 0.300. The molecule has 4 heteroatoms. The van der Waals surface area contributed by atoms with Crippen molar-refractivity contribution in [3.05, 3.63) is 35.6 Å². The van der Waals surface area contributed by atoms with E-state index in [0.29, 0.717) is 5.56 Å². The maximum atomic E-state index is 12.6. The Kier molecular flexibility index (Phi) is 3.59. The number of hydrogen-bond acceptors (Lipinski definition) is 3. The third-order valence-electron chi connectivity index (χ3n) is 1.82. The summed E-state index contributed by atoms with van der Waals surface area (Å²) in [5, 5.41) is 0. The largest absolute Gasteiger partial charge is 0.467 e. The van der Waals surface area contributed by atoms with Crippen molar-refractivity contribution < 1.29 is 18.7 Å². The first-order valence-electron chi connectivity index (χ1n) is 4.05. The molecule has 0 spiro atoms. The fourth-order valence-corrected chi connectivity index (χ4v) is 1.11. The van der Waals surface area contributed by atoms with E-state index in [4.69, 9.17) is 4.74 Å². The highest BCUT2D eigenvalue weighted by molar-refractivity contribution is 5.76. The summed E-state index contributed by atoms with van der Waals surface area (Å²) in [7, 11) is 2.67. The Bertz CT molecular complexity index is 308. The molecule has 3 nitrogen and oxygen atoms in total. The van der Waals surface area contributed by atoms with Crippen LogP contribution in [0.2, 0.25) is 0 Å². The number of ether oxygens (including phenoxy) is 2. The van der Waals surface area contributed by atoms with Gasteiger partial charge in [0.15, 0.2) is 6.10 Å². The predicted octanol–water partition coefficient (Wildman–Crippen LogP) is 1.69. The fourth-order valence-electron chi connectivity index (χ4n) is 1.11. The molecule has 0 amide bonds. The van der Waals surface area contributed by atoms with E-state index in [1.165, 1.54) is 38.5 Å². The van der Waals surface area contributed by atoms with Gasteiger partial charge < -0.3 is 9.47 Å². The molecule has 1 atom stereocenters. The summed E-state index contributed by atoms with van der Waals surface area (Å²) in [6, 6.07) is 5.51. The number of carbonyl (C=O) groups excluding carboxylic acids is 1. The second kappa shape index (κ2) is 4.72. The van der Waals surface area contributed by atoms with Gasteiger partial charge >= 0.3 is 5.97 Å². The Hall–Kier alpha value is -1.42. The smallest absolute Gasteiger partial charge is 0.339 e. The lowest BCUT2D eigenvalue weighted by Gasteiger charge is -2.12. The number of rotatable bonds is 3. The van der Waals surface area contributed by atoms with E-state index in [0.717, 1.165) is 0 Å². The summed E-state index contributed by atoms with van der Waals surface area (Å²) >= 11 is 0. The van der Waals surface area contributed by atoms with Crippen molar-refractivity contribution in [1.29, 1.82) is 0 Å². The minimum atomic E-state index is -0.791. The Morgan fingerprint density at radius 3 is 2.29 bits per heavy atom. The van der Waals surface area contributed by atoms with E-state index in [1.807, 2.05) is 0 Å². The van der Waals surface area contributed by atoms with Crippen LogP contribution in [0.3, 0.4) is 0 Å². The molecule has 0 radical (unpaired) electrons. The van der Waals surface area contributed by atoms with Crippen LogP contribution in [-0.4, -0.2) is 20.2 Å². The van der Waals surface area contributed by atoms with Crippen molar-refractivity contribution in [2.24, 2.45) is 0 Å². The summed E-state index contributed by atoms with van der Waals surface area (Å²) < 4.78 is 22.0. The van der Waals surface area contributed by atoms with Crippen molar-refractivity contribution in [2.45, 2.75) is 6.10 Å². The second-order valence-electron chi connectivity index (χ2n) is 2.69. The van der Waals surface area contributed by atoms with Crippen molar-refractivity contribution in [3.63, 3.8) is 0 Å². The van der Waals surface area contributed by atoms with E-state index in [2.05, 4.69) is 4.74 Å². The van der Waals surface area contributed by atoms with E-state index < -0.39 is 12.1 Å². The van der Waals surface area contributed by atoms with E-state index in [1.54, 1.807) is 0 Å². The molecular formula is C10H11FO3. The third kappa shape index (κ3) is 2.29. The Balaban J connectivity index is 2.89. The molecule has 1 rings (SSSR count). The molecule has 1 aromatic rings. The quantitative estimate of drug-likeness (QED) is 0.693. The van der Waals surface area contributed by atoms with Gasteiger partial charge in [0.1, 0.15) is 5.82 Å². The maximum Gasteiger partial charge on any atom is 0.339 e. The lowest BCUT2D eigenvalue weighted by Crippen LogP contribution is -2.15. The van der Waals surface area contributed by atoms with Gasteiger partial charge in [-0.3, -0.25) is 0 Å².